The van der Waals surface area contributed by atoms with E-state index in [2.05, 4.69) is 5.32 Å². The van der Waals surface area contributed by atoms with Crippen LogP contribution in [-0.2, 0) is 17.8 Å². The molecule has 0 aromatic heterocycles. The van der Waals surface area contributed by atoms with Crippen LogP contribution in [0.2, 0.25) is 0 Å². The Balaban J connectivity index is 0.00000147. The normalized spacial score (nSPS) is 18.4. The smallest absolute Gasteiger partial charge is 0.338 e. The molecule has 0 unspecified atom stereocenters. The summed E-state index contributed by atoms with van der Waals surface area (Å²) in [5.74, 6) is 0.0443. The summed E-state index contributed by atoms with van der Waals surface area (Å²) < 4.78 is 19.1. The Morgan fingerprint density at radius 3 is 2.80 bits per heavy atom. The van der Waals surface area contributed by atoms with Crippen molar-refractivity contribution in [3.8, 4) is 0 Å². The monoisotopic (exact) mass is 299 g/mol. The van der Waals surface area contributed by atoms with Crippen molar-refractivity contribution in [2.24, 2.45) is 5.92 Å². The van der Waals surface area contributed by atoms with Crippen molar-refractivity contribution in [2.75, 3.05) is 13.1 Å². The summed E-state index contributed by atoms with van der Waals surface area (Å²) >= 11 is 0. The quantitative estimate of drug-likeness (QED) is 0.872. The predicted octanol–water partition coefficient (Wildman–Crippen LogP) is 2.85. The molecular formula is C15H19ClFNO2. The molecular weight excluding hydrogens is 281 g/mol. The lowest BCUT2D eigenvalue weighted by Crippen LogP contribution is -2.27. The van der Waals surface area contributed by atoms with Gasteiger partial charge in [-0.2, -0.15) is 0 Å². The number of halogens is 2. The van der Waals surface area contributed by atoms with Crippen LogP contribution >= 0.6 is 12.4 Å². The fourth-order valence-electron chi connectivity index (χ4n) is 2.94. The van der Waals surface area contributed by atoms with Crippen LogP contribution in [0.5, 0.6) is 0 Å². The molecule has 0 saturated carbocycles. The molecule has 0 aliphatic carbocycles. The Bertz CT molecular complexity index is 501. The lowest BCUT2D eigenvalue weighted by molar-refractivity contribution is 0.0534. The largest absolute Gasteiger partial charge is 0.457 e. The van der Waals surface area contributed by atoms with Crippen molar-refractivity contribution in [1.82, 2.24) is 5.32 Å². The number of benzene rings is 1. The number of cyclic esters (lactones) is 1. The average Bonchev–Trinajstić information content (AvgIpc) is 2.82. The van der Waals surface area contributed by atoms with Crippen molar-refractivity contribution in [2.45, 2.75) is 32.3 Å². The number of aryl methyl sites for hydroxylation is 1. The van der Waals surface area contributed by atoms with Gasteiger partial charge in [0.15, 0.2) is 0 Å². The predicted molar refractivity (Wildman–Crippen MR) is 76.7 cm³/mol. The number of hydrogen-bond donors (Lipinski definition) is 1. The Morgan fingerprint density at radius 2 is 2.05 bits per heavy atom. The first-order chi connectivity index (χ1) is 9.25. The summed E-state index contributed by atoms with van der Waals surface area (Å²) in [7, 11) is 0. The minimum Gasteiger partial charge on any atom is -0.457 e. The van der Waals surface area contributed by atoms with Crippen LogP contribution in [0.4, 0.5) is 4.39 Å². The fourth-order valence-corrected chi connectivity index (χ4v) is 2.94. The lowest BCUT2D eigenvalue weighted by atomic mass is 9.90. The van der Waals surface area contributed by atoms with Crippen LogP contribution in [0.1, 0.15) is 40.7 Å². The summed E-state index contributed by atoms with van der Waals surface area (Å²) in [5, 5.41) is 3.34. The number of piperidine rings is 1. The number of fused-ring (bicyclic) bond motifs is 1. The van der Waals surface area contributed by atoms with Gasteiger partial charge in [0.1, 0.15) is 12.4 Å². The number of carbonyl (C=O) groups excluding carboxylic acids is 1. The summed E-state index contributed by atoms with van der Waals surface area (Å²) in [6.45, 7) is 2.22. The maximum absolute atomic E-state index is 14.3. The molecule has 3 nitrogen and oxygen atoms in total. The number of carbonyl (C=O) groups is 1. The van der Waals surface area contributed by atoms with E-state index in [-0.39, 0.29) is 24.8 Å². The van der Waals surface area contributed by atoms with E-state index < -0.39 is 5.97 Å². The van der Waals surface area contributed by atoms with Gasteiger partial charge in [-0.3, -0.25) is 0 Å². The van der Waals surface area contributed by atoms with Gasteiger partial charge in [0.05, 0.1) is 5.56 Å². The zero-order valence-electron chi connectivity index (χ0n) is 11.3. The van der Waals surface area contributed by atoms with Crippen LogP contribution in [0.15, 0.2) is 12.1 Å². The van der Waals surface area contributed by atoms with Gasteiger partial charge in [-0.1, -0.05) is 6.07 Å². The molecule has 3 rings (SSSR count). The summed E-state index contributed by atoms with van der Waals surface area (Å²) in [6, 6.07) is 3.44. The number of nitrogens with one attached hydrogen (secondary N) is 1. The van der Waals surface area contributed by atoms with Gasteiger partial charge >= 0.3 is 5.97 Å². The Kier molecular flexibility index (Phi) is 5.00. The maximum Gasteiger partial charge on any atom is 0.338 e. The molecule has 1 N–H and O–H groups in total. The standard InChI is InChI=1S/C15H18FNO2.ClH/c16-14-11(2-1-10-5-7-17-8-6-10)3-4-12-13(14)9-19-15(12)18;/h3-4,10,17H,1-2,5-9H2;1H. The maximum atomic E-state index is 14.3. The van der Waals surface area contributed by atoms with Crippen LogP contribution in [0.25, 0.3) is 0 Å². The molecule has 5 heteroatoms. The number of rotatable bonds is 3. The van der Waals surface area contributed by atoms with Crippen molar-refractivity contribution in [3.05, 3.63) is 34.6 Å². The molecule has 1 aromatic carbocycles. The summed E-state index contributed by atoms with van der Waals surface area (Å²) in [5.41, 5.74) is 1.55. The molecule has 1 aromatic rings. The van der Waals surface area contributed by atoms with E-state index in [1.54, 1.807) is 12.1 Å². The highest BCUT2D eigenvalue weighted by molar-refractivity contribution is 5.93. The highest BCUT2D eigenvalue weighted by atomic mass is 35.5. The van der Waals surface area contributed by atoms with E-state index in [1.165, 1.54) is 12.8 Å². The molecule has 1 saturated heterocycles. The van der Waals surface area contributed by atoms with Crippen LogP contribution in [0, 0.1) is 11.7 Å². The molecule has 110 valence electrons. The van der Waals surface area contributed by atoms with Crippen molar-refractivity contribution in [1.29, 1.82) is 0 Å². The number of esters is 1. The van der Waals surface area contributed by atoms with Crippen molar-refractivity contribution < 1.29 is 13.9 Å². The molecule has 0 bridgehead atoms. The topological polar surface area (TPSA) is 38.3 Å². The van der Waals surface area contributed by atoms with Crippen molar-refractivity contribution in [3.63, 3.8) is 0 Å². The second-order valence-electron chi connectivity index (χ2n) is 5.37. The van der Waals surface area contributed by atoms with Gasteiger partial charge in [0.25, 0.3) is 0 Å². The Hall–Kier alpha value is -1.13. The number of ether oxygens (including phenoxy) is 1. The lowest BCUT2D eigenvalue weighted by Gasteiger charge is -2.22. The van der Waals surface area contributed by atoms with Gasteiger partial charge < -0.3 is 10.1 Å². The van der Waals surface area contributed by atoms with Gasteiger partial charge in [0.2, 0.25) is 0 Å². The Labute approximate surface area is 124 Å². The van der Waals surface area contributed by atoms with Gasteiger partial charge in [0, 0.05) is 5.56 Å². The van der Waals surface area contributed by atoms with Gasteiger partial charge in [-0.15, -0.1) is 12.4 Å². The van der Waals surface area contributed by atoms with Crippen LogP contribution in [-0.4, -0.2) is 19.1 Å². The molecule has 0 amide bonds. The Morgan fingerprint density at radius 1 is 1.30 bits per heavy atom. The molecule has 2 heterocycles. The zero-order valence-corrected chi connectivity index (χ0v) is 12.1. The summed E-state index contributed by atoms with van der Waals surface area (Å²) in [6.07, 6.45) is 4.12. The highest BCUT2D eigenvalue weighted by Crippen LogP contribution is 2.27. The second kappa shape index (κ2) is 6.55. The first kappa shape index (κ1) is 15.3. The molecule has 1 fully saturated rings. The molecule has 20 heavy (non-hydrogen) atoms. The third kappa shape index (κ3) is 2.96. The van der Waals surface area contributed by atoms with E-state index in [4.69, 9.17) is 4.74 Å². The average molecular weight is 300 g/mol. The first-order valence-electron chi connectivity index (χ1n) is 6.94. The van der Waals surface area contributed by atoms with E-state index in [1.807, 2.05) is 0 Å². The molecule has 0 radical (unpaired) electrons. The summed E-state index contributed by atoms with van der Waals surface area (Å²) in [4.78, 5) is 11.3. The fraction of sp³-hybridized carbons (Fsp3) is 0.533. The van der Waals surface area contributed by atoms with Crippen LogP contribution in [0.3, 0.4) is 0 Å². The molecule has 0 atom stereocenters. The van der Waals surface area contributed by atoms with Crippen molar-refractivity contribution >= 4 is 18.4 Å². The van der Waals surface area contributed by atoms with E-state index in [9.17, 15) is 9.18 Å². The molecule has 0 spiro atoms. The highest BCUT2D eigenvalue weighted by Gasteiger charge is 2.26. The molecule has 2 aliphatic rings. The van der Waals surface area contributed by atoms with E-state index >= 15 is 0 Å². The molecule has 2 aliphatic heterocycles. The minimum atomic E-state index is -0.404. The third-order valence-corrected chi connectivity index (χ3v) is 4.17. The first-order valence-corrected chi connectivity index (χ1v) is 6.94. The van der Waals surface area contributed by atoms with Crippen LogP contribution < -0.4 is 5.32 Å². The SMILES string of the molecule is Cl.O=C1OCc2c1ccc(CCC1CCNCC1)c2F. The number of hydrogen-bond acceptors (Lipinski definition) is 3. The zero-order chi connectivity index (χ0) is 13.2. The van der Waals surface area contributed by atoms with E-state index in [0.717, 1.165) is 31.5 Å². The minimum absolute atomic E-state index is 0. The van der Waals surface area contributed by atoms with E-state index in [0.29, 0.717) is 17.0 Å². The van der Waals surface area contributed by atoms with Gasteiger partial charge in [-0.05, 0) is 56.3 Å². The second-order valence-corrected chi connectivity index (χ2v) is 5.37. The third-order valence-electron chi connectivity index (χ3n) is 4.17. The van der Waals surface area contributed by atoms with Gasteiger partial charge in [-0.25, -0.2) is 9.18 Å².